The van der Waals surface area contributed by atoms with Gasteiger partial charge in [0.15, 0.2) is 5.82 Å². The lowest BCUT2D eigenvalue weighted by molar-refractivity contribution is 1.01. The van der Waals surface area contributed by atoms with Gasteiger partial charge in [-0.2, -0.15) is 0 Å². The second kappa shape index (κ2) is 6.63. The van der Waals surface area contributed by atoms with Crippen LogP contribution in [0.4, 0.5) is 0 Å². The molecule has 3 aromatic rings. The predicted molar refractivity (Wildman–Crippen MR) is 99.3 cm³/mol. The van der Waals surface area contributed by atoms with E-state index in [0.29, 0.717) is 0 Å². The number of benzene rings is 2. The van der Waals surface area contributed by atoms with Crippen LogP contribution < -0.4 is 0 Å². The normalized spacial score (nSPS) is 13.6. The van der Waals surface area contributed by atoms with E-state index in [4.69, 9.17) is 9.97 Å². The number of allylic oxidation sites excluding steroid dienone is 4. The number of aromatic nitrogens is 2. The van der Waals surface area contributed by atoms with Crippen molar-refractivity contribution in [1.29, 1.82) is 0 Å². The van der Waals surface area contributed by atoms with Crippen LogP contribution in [0.25, 0.3) is 28.1 Å². The Kier molecular flexibility index (Phi) is 4.03. The van der Waals surface area contributed by atoms with Crippen molar-refractivity contribution in [3.63, 3.8) is 0 Å². The second-order valence-electron chi connectivity index (χ2n) is 5.85. The van der Waals surface area contributed by atoms with E-state index in [1.54, 1.807) is 0 Å². The first-order valence-electron chi connectivity index (χ1n) is 8.26. The third-order valence-corrected chi connectivity index (χ3v) is 4.17. The molecule has 0 radical (unpaired) electrons. The van der Waals surface area contributed by atoms with Gasteiger partial charge in [-0.25, -0.2) is 9.97 Å². The van der Waals surface area contributed by atoms with Gasteiger partial charge in [0.1, 0.15) is 0 Å². The number of rotatable bonds is 3. The third-order valence-electron chi connectivity index (χ3n) is 4.17. The first-order valence-corrected chi connectivity index (χ1v) is 8.26. The fourth-order valence-electron chi connectivity index (χ4n) is 2.89. The first kappa shape index (κ1) is 14.6. The maximum atomic E-state index is 4.84. The summed E-state index contributed by atoms with van der Waals surface area (Å²) < 4.78 is 0. The third kappa shape index (κ3) is 3.04. The molecular weight excluding hydrogens is 292 g/mol. The fraction of sp³-hybridized carbons (Fsp3) is 0.0909. The maximum Gasteiger partial charge on any atom is 0.156 e. The predicted octanol–water partition coefficient (Wildman–Crippen LogP) is 5.54. The summed E-state index contributed by atoms with van der Waals surface area (Å²) in [5, 5.41) is 0. The SMILES string of the molecule is C1=CCCC(c2nc(-c3ccccc3)cc(-c3ccccc3)n2)=C1. The molecule has 1 aliphatic carbocycles. The molecule has 0 N–H and O–H groups in total. The number of hydrogen-bond acceptors (Lipinski definition) is 2. The summed E-state index contributed by atoms with van der Waals surface area (Å²) in [5.41, 5.74) is 5.37. The summed E-state index contributed by atoms with van der Waals surface area (Å²) in [4.78, 5) is 9.68. The van der Waals surface area contributed by atoms with Crippen LogP contribution in [0, 0.1) is 0 Å². The highest BCUT2D eigenvalue weighted by atomic mass is 14.9. The van der Waals surface area contributed by atoms with E-state index in [0.717, 1.165) is 41.2 Å². The highest BCUT2D eigenvalue weighted by Crippen LogP contribution is 2.28. The maximum absolute atomic E-state index is 4.84. The molecule has 116 valence electrons. The quantitative estimate of drug-likeness (QED) is 0.634. The largest absolute Gasteiger partial charge is 0.228 e. The molecule has 0 unspecified atom stereocenters. The lowest BCUT2D eigenvalue weighted by Crippen LogP contribution is -2.00. The van der Waals surface area contributed by atoms with Gasteiger partial charge < -0.3 is 0 Å². The molecule has 2 nitrogen and oxygen atoms in total. The molecule has 0 fully saturated rings. The Morgan fingerprint density at radius 3 is 1.79 bits per heavy atom. The second-order valence-corrected chi connectivity index (χ2v) is 5.85. The van der Waals surface area contributed by atoms with Crippen LogP contribution in [0.15, 0.2) is 85.0 Å². The van der Waals surface area contributed by atoms with Gasteiger partial charge >= 0.3 is 0 Å². The van der Waals surface area contributed by atoms with Crippen LogP contribution >= 0.6 is 0 Å². The van der Waals surface area contributed by atoms with Crippen LogP contribution in [0.5, 0.6) is 0 Å². The van der Waals surface area contributed by atoms with Crippen molar-refractivity contribution in [3.8, 4) is 22.5 Å². The van der Waals surface area contributed by atoms with Crippen LogP contribution in [-0.2, 0) is 0 Å². The molecule has 0 saturated carbocycles. The first-order chi connectivity index (χ1) is 11.9. The van der Waals surface area contributed by atoms with Crippen molar-refractivity contribution in [1.82, 2.24) is 9.97 Å². The van der Waals surface area contributed by atoms with Gasteiger partial charge in [-0.05, 0) is 24.5 Å². The average molecular weight is 310 g/mol. The van der Waals surface area contributed by atoms with E-state index < -0.39 is 0 Å². The molecule has 2 aromatic carbocycles. The number of nitrogens with zero attached hydrogens (tertiary/aromatic N) is 2. The molecule has 0 aliphatic heterocycles. The van der Waals surface area contributed by atoms with E-state index in [9.17, 15) is 0 Å². The van der Waals surface area contributed by atoms with Crippen molar-refractivity contribution in [2.45, 2.75) is 12.8 Å². The van der Waals surface area contributed by atoms with Crippen molar-refractivity contribution in [3.05, 3.63) is 90.8 Å². The summed E-state index contributed by atoms with van der Waals surface area (Å²) in [6.45, 7) is 0. The molecule has 0 atom stereocenters. The van der Waals surface area contributed by atoms with Crippen molar-refractivity contribution >= 4 is 5.57 Å². The minimum atomic E-state index is 0.833. The number of hydrogen-bond donors (Lipinski definition) is 0. The summed E-state index contributed by atoms with van der Waals surface area (Å²) in [6.07, 6.45) is 8.44. The molecule has 1 aliphatic rings. The minimum Gasteiger partial charge on any atom is -0.228 e. The summed E-state index contributed by atoms with van der Waals surface area (Å²) >= 11 is 0. The van der Waals surface area contributed by atoms with Gasteiger partial charge in [0.05, 0.1) is 11.4 Å². The highest BCUT2D eigenvalue weighted by Gasteiger charge is 2.12. The molecular formula is C22H18N2. The topological polar surface area (TPSA) is 25.8 Å². The molecule has 24 heavy (non-hydrogen) atoms. The van der Waals surface area contributed by atoms with Crippen molar-refractivity contribution < 1.29 is 0 Å². The summed E-state index contributed by atoms with van der Waals surface area (Å²) in [5.74, 6) is 0.833. The van der Waals surface area contributed by atoms with E-state index in [2.05, 4.69) is 48.6 Å². The van der Waals surface area contributed by atoms with Crippen LogP contribution in [0.1, 0.15) is 18.7 Å². The van der Waals surface area contributed by atoms with Crippen LogP contribution in [-0.4, -0.2) is 9.97 Å². The smallest absolute Gasteiger partial charge is 0.156 e. The molecule has 0 amide bonds. The average Bonchev–Trinajstić information content (AvgIpc) is 2.70. The molecule has 4 rings (SSSR count). The molecule has 1 heterocycles. The Hall–Kier alpha value is -3.00. The van der Waals surface area contributed by atoms with E-state index in [1.165, 1.54) is 5.57 Å². The Bertz CT molecular complexity index is 836. The highest BCUT2D eigenvalue weighted by molar-refractivity contribution is 5.72. The van der Waals surface area contributed by atoms with Gasteiger partial charge in [0, 0.05) is 11.1 Å². The van der Waals surface area contributed by atoms with Gasteiger partial charge in [0.25, 0.3) is 0 Å². The Labute approximate surface area is 142 Å². The van der Waals surface area contributed by atoms with E-state index in [1.807, 2.05) is 36.4 Å². The molecule has 1 aromatic heterocycles. The van der Waals surface area contributed by atoms with Gasteiger partial charge in [0.2, 0.25) is 0 Å². The van der Waals surface area contributed by atoms with Gasteiger partial charge in [-0.3, -0.25) is 0 Å². The Morgan fingerprint density at radius 2 is 1.29 bits per heavy atom. The lowest BCUT2D eigenvalue weighted by Gasteiger charge is -2.12. The van der Waals surface area contributed by atoms with Crippen LogP contribution in [0.2, 0.25) is 0 Å². The van der Waals surface area contributed by atoms with E-state index in [-0.39, 0.29) is 0 Å². The summed E-state index contributed by atoms with van der Waals surface area (Å²) in [6, 6.07) is 22.7. The van der Waals surface area contributed by atoms with Gasteiger partial charge in [-0.15, -0.1) is 0 Å². The lowest BCUT2D eigenvalue weighted by atomic mass is 10.0. The zero-order valence-electron chi connectivity index (χ0n) is 13.4. The van der Waals surface area contributed by atoms with E-state index >= 15 is 0 Å². The summed E-state index contributed by atoms with van der Waals surface area (Å²) in [7, 11) is 0. The van der Waals surface area contributed by atoms with Gasteiger partial charge in [-0.1, -0.05) is 78.9 Å². The van der Waals surface area contributed by atoms with Crippen molar-refractivity contribution in [2.75, 3.05) is 0 Å². The Morgan fingerprint density at radius 1 is 0.708 bits per heavy atom. The zero-order valence-corrected chi connectivity index (χ0v) is 13.4. The molecule has 2 heteroatoms. The standard InChI is InChI=1S/C22H18N2/c1-4-10-17(11-5-1)20-16-21(18-12-6-2-7-13-18)24-22(23-20)19-14-8-3-9-15-19/h1-8,10-14,16H,9,15H2. The minimum absolute atomic E-state index is 0.833. The molecule has 0 bridgehead atoms. The monoisotopic (exact) mass is 310 g/mol. The van der Waals surface area contributed by atoms with Crippen molar-refractivity contribution in [2.24, 2.45) is 0 Å². The molecule has 0 saturated heterocycles. The zero-order chi connectivity index (χ0) is 16.2. The Balaban J connectivity index is 1.88. The van der Waals surface area contributed by atoms with Crippen LogP contribution in [0.3, 0.4) is 0 Å². The molecule has 0 spiro atoms. The fourth-order valence-corrected chi connectivity index (χ4v) is 2.89.